The summed E-state index contributed by atoms with van der Waals surface area (Å²) in [5.74, 6) is 1.39. The SMILES string of the molecule is COCCOc1ccc(C(=O)N2CCCC([C@@H]3C[C@H](C(F)F)n4nc(C)cc4N3)C2)cc1. The first-order valence-electron chi connectivity index (χ1n) is 11.1. The molecule has 7 nitrogen and oxygen atoms in total. The van der Waals surface area contributed by atoms with E-state index in [4.69, 9.17) is 9.47 Å². The number of methoxy groups -OCH3 is 1. The Labute approximate surface area is 186 Å². The average Bonchev–Trinajstić information content (AvgIpc) is 3.18. The molecule has 2 aromatic rings. The van der Waals surface area contributed by atoms with Crippen LogP contribution < -0.4 is 10.1 Å². The molecule has 1 unspecified atom stereocenters. The second-order valence-corrected chi connectivity index (χ2v) is 8.52. The van der Waals surface area contributed by atoms with Crippen molar-refractivity contribution in [1.82, 2.24) is 14.7 Å². The number of benzene rings is 1. The second-order valence-electron chi connectivity index (χ2n) is 8.52. The first-order valence-corrected chi connectivity index (χ1v) is 11.1. The molecule has 0 spiro atoms. The molecule has 1 amide bonds. The minimum absolute atomic E-state index is 0.0414. The second kappa shape index (κ2) is 9.85. The Morgan fingerprint density at radius 2 is 2.06 bits per heavy atom. The summed E-state index contributed by atoms with van der Waals surface area (Å²) in [7, 11) is 1.61. The van der Waals surface area contributed by atoms with Crippen molar-refractivity contribution in [1.29, 1.82) is 0 Å². The minimum Gasteiger partial charge on any atom is -0.491 e. The van der Waals surface area contributed by atoms with Crippen molar-refractivity contribution in [3.8, 4) is 5.75 Å². The van der Waals surface area contributed by atoms with E-state index in [1.807, 2.05) is 11.0 Å². The van der Waals surface area contributed by atoms with Gasteiger partial charge in [-0.2, -0.15) is 5.10 Å². The summed E-state index contributed by atoms with van der Waals surface area (Å²) in [6.45, 7) is 3.97. The molecule has 0 radical (unpaired) electrons. The van der Waals surface area contributed by atoms with Gasteiger partial charge in [0.05, 0.1) is 12.3 Å². The van der Waals surface area contributed by atoms with Crippen molar-refractivity contribution in [3.05, 3.63) is 41.6 Å². The zero-order valence-corrected chi connectivity index (χ0v) is 18.5. The third kappa shape index (κ3) is 4.87. The average molecular weight is 449 g/mol. The summed E-state index contributed by atoms with van der Waals surface area (Å²) < 4.78 is 39.4. The van der Waals surface area contributed by atoms with Crippen LogP contribution in [-0.2, 0) is 4.74 Å². The van der Waals surface area contributed by atoms with E-state index in [9.17, 15) is 13.6 Å². The van der Waals surface area contributed by atoms with Gasteiger partial charge in [-0.15, -0.1) is 0 Å². The van der Waals surface area contributed by atoms with Gasteiger partial charge in [0.25, 0.3) is 12.3 Å². The first kappa shape index (κ1) is 22.5. The molecule has 1 aromatic heterocycles. The number of nitrogens with zero attached hydrogens (tertiary/aromatic N) is 3. The lowest BCUT2D eigenvalue weighted by Gasteiger charge is -2.41. The summed E-state index contributed by atoms with van der Waals surface area (Å²) in [5.41, 5.74) is 1.31. The fourth-order valence-corrected chi connectivity index (χ4v) is 4.65. The lowest BCUT2D eigenvalue weighted by molar-refractivity contribution is 0.0505. The van der Waals surface area contributed by atoms with Crippen LogP contribution in [0.2, 0.25) is 0 Å². The molecule has 2 aliphatic heterocycles. The lowest BCUT2D eigenvalue weighted by Crippen LogP contribution is -2.48. The number of hydrogen-bond acceptors (Lipinski definition) is 5. The number of anilines is 1. The largest absolute Gasteiger partial charge is 0.491 e. The molecule has 32 heavy (non-hydrogen) atoms. The molecule has 2 aliphatic rings. The predicted octanol–water partition coefficient (Wildman–Crippen LogP) is 3.76. The van der Waals surface area contributed by atoms with E-state index in [1.165, 1.54) is 4.68 Å². The van der Waals surface area contributed by atoms with E-state index < -0.39 is 12.5 Å². The normalized spacial score (nSPS) is 23.0. The lowest BCUT2D eigenvalue weighted by atomic mass is 9.85. The van der Waals surface area contributed by atoms with Crippen LogP contribution in [0.25, 0.3) is 0 Å². The molecular weight excluding hydrogens is 418 g/mol. The highest BCUT2D eigenvalue weighted by atomic mass is 19.3. The van der Waals surface area contributed by atoms with Gasteiger partial charge in [0.1, 0.15) is 24.2 Å². The highest BCUT2D eigenvalue weighted by molar-refractivity contribution is 5.94. The van der Waals surface area contributed by atoms with Crippen LogP contribution in [0, 0.1) is 12.8 Å². The van der Waals surface area contributed by atoms with E-state index in [2.05, 4.69) is 10.4 Å². The number of halogens is 2. The number of amides is 1. The summed E-state index contributed by atoms with van der Waals surface area (Å²) >= 11 is 0. The van der Waals surface area contributed by atoms with Crippen molar-refractivity contribution < 1.29 is 23.0 Å². The van der Waals surface area contributed by atoms with Crippen LogP contribution in [0.3, 0.4) is 0 Å². The molecule has 3 atom stereocenters. The van der Waals surface area contributed by atoms with Gasteiger partial charge in [0.2, 0.25) is 0 Å². The van der Waals surface area contributed by atoms with Gasteiger partial charge in [-0.25, -0.2) is 13.5 Å². The van der Waals surface area contributed by atoms with Gasteiger partial charge in [-0.05, 0) is 56.4 Å². The zero-order valence-electron chi connectivity index (χ0n) is 18.5. The number of ether oxygens (including phenoxy) is 2. The zero-order chi connectivity index (χ0) is 22.7. The maximum absolute atomic E-state index is 13.7. The van der Waals surface area contributed by atoms with Crippen LogP contribution in [-0.4, -0.2) is 66.5 Å². The Hall–Kier alpha value is -2.68. The van der Waals surface area contributed by atoms with Gasteiger partial charge in [0, 0.05) is 37.9 Å². The predicted molar refractivity (Wildman–Crippen MR) is 116 cm³/mol. The summed E-state index contributed by atoms with van der Waals surface area (Å²) in [5, 5.41) is 7.65. The number of alkyl halides is 2. The maximum Gasteiger partial charge on any atom is 0.260 e. The Balaban J connectivity index is 1.41. The molecule has 0 bridgehead atoms. The number of nitrogens with one attached hydrogen (secondary N) is 1. The van der Waals surface area contributed by atoms with Gasteiger partial charge < -0.3 is 19.7 Å². The molecule has 0 saturated carbocycles. The van der Waals surface area contributed by atoms with Crippen LogP contribution in [0.15, 0.2) is 30.3 Å². The number of rotatable bonds is 7. The summed E-state index contributed by atoms with van der Waals surface area (Å²) in [4.78, 5) is 14.9. The standard InChI is InChI=1S/C23H30F2N4O3/c1-15-12-21-26-19(13-20(22(24)25)29(21)27-15)17-4-3-9-28(14-17)23(30)16-5-7-18(8-6-16)32-11-10-31-2/h5-8,12,17,19-20,22,26H,3-4,9-11,13-14H2,1-2H3/t17?,19-,20+/m0/s1. The number of carbonyl (C=O) groups is 1. The summed E-state index contributed by atoms with van der Waals surface area (Å²) in [6.07, 6.45) is -0.434. The van der Waals surface area contributed by atoms with Crippen molar-refractivity contribution in [2.45, 2.75) is 44.7 Å². The van der Waals surface area contributed by atoms with Crippen LogP contribution in [0.4, 0.5) is 14.6 Å². The highest BCUT2D eigenvalue weighted by Gasteiger charge is 2.38. The molecule has 174 valence electrons. The Kier molecular flexibility index (Phi) is 6.93. The van der Waals surface area contributed by atoms with E-state index in [0.717, 1.165) is 12.8 Å². The monoisotopic (exact) mass is 448 g/mol. The molecule has 1 N–H and O–H groups in total. The Morgan fingerprint density at radius 1 is 1.28 bits per heavy atom. The van der Waals surface area contributed by atoms with Crippen molar-refractivity contribution in [2.24, 2.45) is 5.92 Å². The summed E-state index contributed by atoms with van der Waals surface area (Å²) in [6, 6.07) is 7.84. The quantitative estimate of drug-likeness (QED) is 0.654. The van der Waals surface area contributed by atoms with Crippen LogP contribution >= 0.6 is 0 Å². The highest BCUT2D eigenvalue weighted by Crippen LogP contribution is 2.36. The van der Waals surface area contributed by atoms with Crippen LogP contribution in [0.5, 0.6) is 5.75 Å². The minimum atomic E-state index is -2.48. The van der Waals surface area contributed by atoms with Crippen molar-refractivity contribution >= 4 is 11.7 Å². The van der Waals surface area contributed by atoms with E-state index in [1.54, 1.807) is 38.3 Å². The molecule has 1 fully saturated rings. The number of fused-ring (bicyclic) bond motifs is 1. The topological polar surface area (TPSA) is 68.6 Å². The van der Waals surface area contributed by atoms with Gasteiger partial charge in [0.15, 0.2) is 0 Å². The number of aromatic nitrogens is 2. The Bertz CT molecular complexity index is 918. The molecular formula is C23H30F2N4O3. The first-order chi connectivity index (χ1) is 15.5. The van der Waals surface area contributed by atoms with Crippen molar-refractivity contribution in [2.75, 3.05) is 38.7 Å². The smallest absolute Gasteiger partial charge is 0.260 e. The van der Waals surface area contributed by atoms with Gasteiger partial charge in [-0.1, -0.05) is 0 Å². The fraction of sp³-hybridized carbons (Fsp3) is 0.565. The van der Waals surface area contributed by atoms with E-state index in [-0.39, 0.29) is 17.9 Å². The number of aryl methyl sites for hydroxylation is 1. The molecule has 0 aliphatic carbocycles. The number of hydrogen-bond donors (Lipinski definition) is 1. The number of piperidine rings is 1. The molecule has 1 aromatic carbocycles. The van der Waals surface area contributed by atoms with Gasteiger partial charge in [-0.3, -0.25) is 4.79 Å². The molecule has 1 saturated heterocycles. The fourth-order valence-electron chi connectivity index (χ4n) is 4.65. The third-order valence-electron chi connectivity index (χ3n) is 6.26. The van der Waals surface area contributed by atoms with Crippen molar-refractivity contribution in [3.63, 3.8) is 0 Å². The van der Waals surface area contributed by atoms with E-state index in [0.29, 0.717) is 55.5 Å². The Morgan fingerprint density at radius 3 is 2.78 bits per heavy atom. The van der Waals surface area contributed by atoms with Crippen LogP contribution in [0.1, 0.15) is 41.4 Å². The number of carbonyl (C=O) groups excluding carboxylic acids is 1. The molecule has 4 rings (SSSR count). The maximum atomic E-state index is 13.7. The molecule has 9 heteroatoms. The third-order valence-corrected chi connectivity index (χ3v) is 6.26. The molecule has 3 heterocycles. The van der Waals surface area contributed by atoms with E-state index >= 15 is 0 Å². The number of likely N-dealkylation sites (tertiary alicyclic amines) is 1. The van der Waals surface area contributed by atoms with Gasteiger partial charge >= 0.3 is 0 Å².